The maximum atomic E-state index is 5.99. The maximum Gasteiger partial charge on any atom is 0.117 e. The van der Waals surface area contributed by atoms with E-state index < -0.39 is 0 Å². The Morgan fingerprint density at radius 2 is 2.24 bits per heavy atom. The van der Waals surface area contributed by atoms with Crippen LogP contribution in [0.5, 0.6) is 0 Å². The van der Waals surface area contributed by atoms with Gasteiger partial charge in [0.15, 0.2) is 0 Å². The standard InChI is InChI=1S/C17H22N2OS/c1-10-7-14(10)15-6-5-13(20-15)9-18-16(12-3-4-12)17-19-8-11(2)21-17/h5-6,8,10,12,14,16,18H,3-4,7,9H2,1-2H3/t10-,14-,16-/m1/s1. The molecule has 4 rings (SSSR count). The SMILES string of the molecule is Cc1cnc([C@H](NCc2ccc([C@@H]3C[C@H]3C)o2)C2CC2)s1. The molecule has 2 fully saturated rings. The summed E-state index contributed by atoms with van der Waals surface area (Å²) in [6.45, 7) is 5.22. The number of nitrogens with zero attached hydrogens (tertiary/aromatic N) is 1. The smallest absolute Gasteiger partial charge is 0.117 e. The summed E-state index contributed by atoms with van der Waals surface area (Å²) >= 11 is 1.82. The van der Waals surface area contributed by atoms with Gasteiger partial charge in [-0.2, -0.15) is 0 Å². The summed E-state index contributed by atoms with van der Waals surface area (Å²) in [5.41, 5.74) is 0. The highest BCUT2D eigenvalue weighted by Gasteiger charge is 2.37. The minimum absolute atomic E-state index is 0.400. The van der Waals surface area contributed by atoms with Crippen LogP contribution in [0.25, 0.3) is 0 Å². The van der Waals surface area contributed by atoms with Crippen LogP contribution in [0.4, 0.5) is 0 Å². The first-order chi connectivity index (χ1) is 10.2. The molecule has 2 aromatic heterocycles. The second kappa shape index (κ2) is 5.25. The number of hydrogen-bond acceptors (Lipinski definition) is 4. The Balaban J connectivity index is 1.41. The van der Waals surface area contributed by atoms with Crippen LogP contribution in [0.2, 0.25) is 0 Å². The van der Waals surface area contributed by atoms with Crippen LogP contribution in [-0.2, 0) is 6.54 Å². The number of nitrogens with one attached hydrogen (secondary N) is 1. The molecule has 2 heterocycles. The van der Waals surface area contributed by atoms with E-state index >= 15 is 0 Å². The van der Waals surface area contributed by atoms with E-state index in [1.54, 1.807) is 0 Å². The Labute approximate surface area is 129 Å². The first-order valence-electron chi connectivity index (χ1n) is 7.95. The summed E-state index contributed by atoms with van der Waals surface area (Å²) in [7, 11) is 0. The number of furan rings is 1. The Morgan fingerprint density at radius 3 is 2.86 bits per heavy atom. The quantitative estimate of drug-likeness (QED) is 0.859. The Bertz CT molecular complexity index is 628. The molecular weight excluding hydrogens is 280 g/mol. The van der Waals surface area contributed by atoms with Crippen molar-refractivity contribution in [1.82, 2.24) is 10.3 Å². The third kappa shape index (κ3) is 2.92. The Morgan fingerprint density at radius 1 is 1.43 bits per heavy atom. The third-order valence-electron chi connectivity index (χ3n) is 4.65. The van der Waals surface area contributed by atoms with E-state index in [1.165, 1.54) is 34.9 Å². The lowest BCUT2D eigenvalue weighted by molar-refractivity contribution is 0.407. The number of aryl methyl sites for hydroxylation is 1. The first kappa shape index (κ1) is 13.5. The molecule has 0 radical (unpaired) electrons. The van der Waals surface area contributed by atoms with Crippen molar-refractivity contribution in [2.24, 2.45) is 11.8 Å². The average Bonchev–Trinajstić information content (AvgIpc) is 3.33. The number of hydrogen-bond donors (Lipinski definition) is 1. The van der Waals surface area contributed by atoms with E-state index in [0.717, 1.165) is 24.1 Å². The summed E-state index contributed by atoms with van der Waals surface area (Å²) in [5.74, 6) is 4.46. The van der Waals surface area contributed by atoms with Gasteiger partial charge in [-0.25, -0.2) is 4.98 Å². The molecule has 0 aromatic carbocycles. The second-order valence-electron chi connectivity index (χ2n) is 6.63. The van der Waals surface area contributed by atoms with Crippen molar-refractivity contribution in [3.05, 3.63) is 39.7 Å². The monoisotopic (exact) mass is 302 g/mol. The molecule has 1 N–H and O–H groups in total. The fourth-order valence-electron chi connectivity index (χ4n) is 3.02. The molecule has 112 valence electrons. The largest absolute Gasteiger partial charge is 0.464 e. The summed E-state index contributed by atoms with van der Waals surface area (Å²) in [4.78, 5) is 5.86. The van der Waals surface area contributed by atoms with Crippen molar-refractivity contribution in [3.8, 4) is 0 Å². The van der Waals surface area contributed by atoms with Crippen LogP contribution in [0.15, 0.2) is 22.7 Å². The normalized spacial score (nSPS) is 26.0. The van der Waals surface area contributed by atoms with Gasteiger partial charge in [0.1, 0.15) is 16.5 Å². The van der Waals surface area contributed by atoms with E-state index in [2.05, 4.69) is 36.3 Å². The highest BCUT2D eigenvalue weighted by molar-refractivity contribution is 7.11. The lowest BCUT2D eigenvalue weighted by atomic mass is 10.2. The van der Waals surface area contributed by atoms with Gasteiger partial charge in [-0.1, -0.05) is 6.92 Å². The van der Waals surface area contributed by atoms with Crippen molar-refractivity contribution in [1.29, 1.82) is 0 Å². The van der Waals surface area contributed by atoms with Gasteiger partial charge >= 0.3 is 0 Å². The highest BCUT2D eigenvalue weighted by Crippen LogP contribution is 2.47. The van der Waals surface area contributed by atoms with Gasteiger partial charge < -0.3 is 9.73 Å². The van der Waals surface area contributed by atoms with E-state index in [-0.39, 0.29) is 0 Å². The zero-order chi connectivity index (χ0) is 14.4. The van der Waals surface area contributed by atoms with Crippen molar-refractivity contribution >= 4 is 11.3 Å². The van der Waals surface area contributed by atoms with Gasteiger partial charge in [-0.05, 0) is 50.2 Å². The molecule has 0 amide bonds. The van der Waals surface area contributed by atoms with Gasteiger partial charge in [0.2, 0.25) is 0 Å². The molecule has 0 bridgehead atoms. The second-order valence-corrected chi connectivity index (χ2v) is 7.90. The molecule has 2 aliphatic carbocycles. The molecule has 0 unspecified atom stereocenters. The molecule has 4 heteroatoms. The molecule has 0 spiro atoms. The van der Waals surface area contributed by atoms with E-state index in [9.17, 15) is 0 Å². The molecule has 21 heavy (non-hydrogen) atoms. The van der Waals surface area contributed by atoms with Gasteiger partial charge in [0.05, 0.1) is 12.6 Å². The van der Waals surface area contributed by atoms with Crippen LogP contribution >= 0.6 is 11.3 Å². The molecule has 3 atom stereocenters. The highest BCUT2D eigenvalue weighted by atomic mass is 32.1. The Kier molecular flexibility index (Phi) is 3.38. The van der Waals surface area contributed by atoms with Crippen molar-refractivity contribution in [3.63, 3.8) is 0 Å². The molecule has 0 aliphatic heterocycles. The predicted molar refractivity (Wildman–Crippen MR) is 84.4 cm³/mol. The van der Waals surface area contributed by atoms with Crippen LogP contribution in [0.1, 0.15) is 59.6 Å². The lowest BCUT2D eigenvalue weighted by Crippen LogP contribution is -2.22. The van der Waals surface area contributed by atoms with Crippen LogP contribution in [0, 0.1) is 18.8 Å². The lowest BCUT2D eigenvalue weighted by Gasteiger charge is -2.14. The fraction of sp³-hybridized carbons (Fsp3) is 0.588. The molecule has 0 saturated heterocycles. The fourth-order valence-corrected chi connectivity index (χ4v) is 3.96. The summed E-state index contributed by atoms with van der Waals surface area (Å²) in [5, 5.41) is 4.90. The van der Waals surface area contributed by atoms with Gasteiger partial charge in [0, 0.05) is 17.0 Å². The zero-order valence-corrected chi connectivity index (χ0v) is 13.5. The molecule has 3 nitrogen and oxygen atoms in total. The topological polar surface area (TPSA) is 38.1 Å². The first-order valence-corrected chi connectivity index (χ1v) is 8.76. The summed E-state index contributed by atoms with van der Waals surface area (Å²) in [6.07, 6.45) is 5.90. The number of aromatic nitrogens is 1. The Hall–Kier alpha value is -1.13. The number of rotatable bonds is 6. The minimum atomic E-state index is 0.400. The van der Waals surface area contributed by atoms with Gasteiger partial charge in [-0.3, -0.25) is 0 Å². The van der Waals surface area contributed by atoms with E-state index in [4.69, 9.17) is 4.42 Å². The van der Waals surface area contributed by atoms with Crippen LogP contribution in [0.3, 0.4) is 0 Å². The van der Waals surface area contributed by atoms with Crippen molar-refractivity contribution < 1.29 is 4.42 Å². The van der Waals surface area contributed by atoms with Crippen LogP contribution < -0.4 is 5.32 Å². The maximum absolute atomic E-state index is 5.99. The minimum Gasteiger partial charge on any atom is -0.464 e. The molecular formula is C17H22N2OS. The average molecular weight is 302 g/mol. The predicted octanol–water partition coefficient (Wildman–Crippen LogP) is 4.41. The van der Waals surface area contributed by atoms with Crippen molar-refractivity contribution in [2.45, 2.75) is 51.6 Å². The van der Waals surface area contributed by atoms with Gasteiger partial charge in [0.25, 0.3) is 0 Å². The zero-order valence-electron chi connectivity index (χ0n) is 12.6. The summed E-state index contributed by atoms with van der Waals surface area (Å²) in [6, 6.07) is 4.69. The van der Waals surface area contributed by atoms with Crippen LogP contribution in [-0.4, -0.2) is 4.98 Å². The third-order valence-corrected chi connectivity index (χ3v) is 5.65. The molecule has 2 aliphatic rings. The molecule has 2 saturated carbocycles. The van der Waals surface area contributed by atoms with Gasteiger partial charge in [-0.15, -0.1) is 11.3 Å². The molecule has 2 aromatic rings. The summed E-state index contributed by atoms with van der Waals surface area (Å²) < 4.78 is 5.99. The number of thiazole rings is 1. The van der Waals surface area contributed by atoms with E-state index in [1.807, 2.05) is 17.5 Å². The van der Waals surface area contributed by atoms with Crippen molar-refractivity contribution in [2.75, 3.05) is 0 Å². The van der Waals surface area contributed by atoms with E-state index in [0.29, 0.717) is 12.0 Å².